The fourth-order valence-corrected chi connectivity index (χ4v) is 3.40. The van der Waals surface area contributed by atoms with Gasteiger partial charge in [-0.25, -0.2) is 0 Å². The van der Waals surface area contributed by atoms with Gasteiger partial charge in [-0.05, 0) is 73.6 Å². The first kappa shape index (κ1) is 25.9. The third-order valence-electron chi connectivity index (χ3n) is 4.93. The summed E-state index contributed by atoms with van der Waals surface area (Å²) in [5.41, 5.74) is 2.92. The Hall–Kier alpha value is -3.75. The number of hydrogen-bond acceptors (Lipinski definition) is 5. The van der Waals surface area contributed by atoms with E-state index in [9.17, 15) is 9.59 Å². The van der Waals surface area contributed by atoms with Crippen molar-refractivity contribution in [1.29, 1.82) is 0 Å². The molecule has 3 rings (SSSR count). The standard InChI is InChI=1S/C27H29N3O4S/c1-2-33-17-18-34-24-10-6-9-21(19-24)26(32)30-27(35)29-23-14-12-22(13-15-23)28-25(31)16-11-20-7-4-3-5-8-20/h3-10,12-15,19H,2,11,16-18H2,1H3,(H,28,31)(H2,29,30,32,35). The Morgan fingerprint density at radius 1 is 0.857 bits per heavy atom. The molecule has 3 N–H and O–H groups in total. The zero-order valence-corrected chi connectivity index (χ0v) is 20.4. The minimum absolute atomic E-state index is 0.0542. The van der Waals surface area contributed by atoms with Crippen molar-refractivity contribution in [2.75, 3.05) is 30.5 Å². The number of hydrogen-bond donors (Lipinski definition) is 3. The minimum Gasteiger partial charge on any atom is -0.491 e. The van der Waals surface area contributed by atoms with E-state index in [4.69, 9.17) is 21.7 Å². The van der Waals surface area contributed by atoms with E-state index in [1.807, 2.05) is 37.3 Å². The summed E-state index contributed by atoms with van der Waals surface area (Å²) in [5.74, 6) is 0.180. The predicted octanol–water partition coefficient (Wildman–Crippen LogP) is 4.80. The van der Waals surface area contributed by atoms with Gasteiger partial charge < -0.3 is 20.1 Å². The number of carbonyl (C=O) groups is 2. The molecule has 3 aromatic carbocycles. The summed E-state index contributed by atoms with van der Waals surface area (Å²) in [6, 6.07) is 23.8. The summed E-state index contributed by atoms with van der Waals surface area (Å²) in [5, 5.41) is 8.68. The van der Waals surface area contributed by atoms with Crippen molar-refractivity contribution in [2.45, 2.75) is 19.8 Å². The average molecular weight is 492 g/mol. The first-order valence-corrected chi connectivity index (χ1v) is 11.8. The van der Waals surface area contributed by atoms with Crippen LogP contribution in [0.15, 0.2) is 78.9 Å². The molecule has 2 amide bonds. The van der Waals surface area contributed by atoms with Crippen LogP contribution in [-0.2, 0) is 16.0 Å². The van der Waals surface area contributed by atoms with Gasteiger partial charge in [-0.2, -0.15) is 0 Å². The Kier molecular flexibility index (Phi) is 10.2. The smallest absolute Gasteiger partial charge is 0.257 e. The van der Waals surface area contributed by atoms with E-state index in [2.05, 4.69) is 16.0 Å². The summed E-state index contributed by atoms with van der Waals surface area (Å²) in [6.45, 7) is 3.43. The van der Waals surface area contributed by atoms with Crippen molar-refractivity contribution in [2.24, 2.45) is 0 Å². The second-order valence-corrected chi connectivity index (χ2v) is 8.00. The lowest BCUT2D eigenvalue weighted by Gasteiger charge is -2.12. The highest BCUT2D eigenvalue weighted by Gasteiger charge is 2.10. The number of carbonyl (C=O) groups excluding carboxylic acids is 2. The third kappa shape index (κ3) is 9.19. The van der Waals surface area contributed by atoms with E-state index in [0.717, 1.165) is 5.56 Å². The maximum Gasteiger partial charge on any atom is 0.257 e. The van der Waals surface area contributed by atoms with Crippen LogP contribution in [0.25, 0.3) is 0 Å². The van der Waals surface area contributed by atoms with Crippen LogP contribution in [0.5, 0.6) is 5.75 Å². The molecular formula is C27H29N3O4S. The van der Waals surface area contributed by atoms with Crippen molar-refractivity contribution >= 4 is 40.5 Å². The zero-order chi connectivity index (χ0) is 24.9. The summed E-state index contributed by atoms with van der Waals surface area (Å²) in [4.78, 5) is 24.8. The van der Waals surface area contributed by atoms with Crippen LogP contribution in [-0.4, -0.2) is 36.7 Å². The van der Waals surface area contributed by atoms with Crippen molar-refractivity contribution in [3.8, 4) is 5.75 Å². The molecule has 3 aromatic rings. The predicted molar refractivity (Wildman–Crippen MR) is 142 cm³/mol. The first-order valence-electron chi connectivity index (χ1n) is 11.4. The van der Waals surface area contributed by atoms with E-state index in [1.54, 1.807) is 48.5 Å². The SMILES string of the molecule is CCOCCOc1cccc(C(=O)NC(=S)Nc2ccc(NC(=O)CCc3ccccc3)cc2)c1. The second kappa shape index (κ2) is 13.8. The van der Waals surface area contributed by atoms with Gasteiger partial charge in [0.25, 0.3) is 5.91 Å². The molecule has 0 saturated carbocycles. The highest BCUT2D eigenvalue weighted by Crippen LogP contribution is 2.15. The fourth-order valence-electron chi connectivity index (χ4n) is 3.19. The molecule has 0 fully saturated rings. The Morgan fingerprint density at radius 3 is 2.29 bits per heavy atom. The largest absolute Gasteiger partial charge is 0.491 e. The normalized spacial score (nSPS) is 10.3. The van der Waals surface area contributed by atoms with Gasteiger partial charge in [0, 0.05) is 30.0 Å². The molecule has 182 valence electrons. The summed E-state index contributed by atoms with van der Waals surface area (Å²) < 4.78 is 10.8. The number of nitrogens with one attached hydrogen (secondary N) is 3. The molecule has 7 nitrogen and oxygen atoms in total. The molecule has 35 heavy (non-hydrogen) atoms. The summed E-state index contributed by atoms with van der Waals surface area (Å²) in [7, 11) is 0. The summed E-state index contributed by atoms with van der Waals surface area (Å²) in [6.07, 6.45) is 1.08. The number of ether oxygens (including phenoxy) is 2. The average Bonchev–Trinajstić information content (AvgIpc) is 2.87. The monoisotopic (exact) mass is 491 g/mol. The van der Waals surface area contributed by atoms with Crippen LogP contribution < -0.4 is 20.7 Å². The van der Waals surface area contributed by atoms with E-state index in [1.165, 1.54) is 0 Å². The lowest BCUT2D eigenvalue weighted by molar-refractivity contribution is -0.116. The Balaban J connectivity index is 1.44. The molecule has 0 unspecified atom stereocenters. The number of amides is 2. The second-order valence-electron chi connectivity index (χ2n) is 7.59. The lowest BCUT2D eigenvalue weighted by Crippen LogP contribution is -2.34. The molecule has 0 heterocycles. The highest BCUT2D eigenvalue weighted by molar-refractivity contribution is 7.80. The van der Waals surface area contributed by atoms with Crippen LogP contribution in [0.1, 0.15) is 29.3 Å². The Labute approximate surface area is 210 Å². The molecule has 0 aromatic heterocycles. The van der Waals surface area contributed by atoms with Crippen LogP contribution in [0.3, 0.4) is 0 Å². The van der Waals surface area contributed by atoms with Crippen molar-refractivity contribution in [1.82, 2.24) is 5.32 Å². The first-order chi connectivity index (χ1) is 17.0. The van der Waals surface area contributed by atoms with Gasteiger partial charge in [0.05, 0.1) is 6.61 Å². The number of benzene rings is 3. The zero-order valence-electron chi connectivity index (χ0n) is 19.6. The van der Waals surface area contributed by atoms with Gasteiger partial charge in [0.1, 0.15) is 12.4 Å². The molecule has 0 saturated heterocycles. The number of aryl methyl sites for hydroxylation is 1. The lowest BCUT2D eigenvalue weighted by atomic mass is 10.1. The van der Waals surface area contributed by atoms with Crippen molar-refractivity contribution in [3.05, 3.63) is 90.0 Å². The molecule has 0 bridgehead atoms. The molecule has 8 heteroatoms. The topological polar surface area (TPSA) is 88.7 Å². The van der Waals surface area contributed by atoms with Gasteiger partial charge in [-0.3, -0.25) is 14.9 Å². The number of anilines is 2. The quantitative estimate of drug-likeness (QED) is 0.264. The van der Waals surface area contributed by atoms with E-state index < -0.39 is 0 Å². The molecular weight excluding hydrogens is 462 g/mol. The van der Waals surface area contributed by atoms with E-state index in [0.29, 0.717) is 55.4 Å². The fraction of sp³-hybridized carbons (Fsp3) is 0.222. The van der Waals surface area contributed by atoms with Crippen LogP contribution in [0.2, 0.25) is 0 Å². The highest BCUT2D eigenvalue weighted by atomic mass is 32.1. The third-order valence-corrected chi connectivity index (χ3v) is 5.14. The van der Waals surface area contributed by atoms with Gasteiger partial charge in [0.15, 0.2) is 5.11 Å². The molecule has 0 aliphatic heterocycles. The van der Waals surface area contributed by atoms with E-state index >= 15 is 0 Å². The van der Waals surface area contributed by atoms with Gasteiger partial charge >= 0.3 is 0 Å². The molecule has 0 radical (unpaired) electrons. The maximum absolute atomic E-state index is 12.5. The van der Waals surface area contributed by atoms with Crippen LogP contribution >= 0.6 is 12.2 Å². The van der Waals surface area contributed by atoms with Gasteiger partial charge in [0.2, 0.25) is 5.91 Å². The number of thiocarbonyl (C=S) groups is 1. The van der Waals surface area contributed by atoms with E-state index in [-0.39, 0.29) is 16.9 Å². The maximum atomic E-state index is 12.5. The van der Waals surface area contributed by atoms with Crippen LogP contribution in [0, 0.1) is 0 Å². The molecule has 0 spiro atoms. The van der Waals surface area contributed by atoms with Crippen LogP contribution in [0.4, 0.5) is 11.4 Å². The molecule has 0 atom stereocenters. The van der Waals surface area contributed by atoms with Gasteiger partial charge in [-0.15, -0.1) is 0 Å². The van der Waals surface area contributed by atoms with Crippen molar-refractivity contribution in [3.63, 3.8) is 0 Å². The Morgan fingerprint density at radius 2 is 1.57 bits per heavy atom. The minimum atomic E-state index is -0.347. The van der Waals surface area contributed by atoms with Crippen molar-refractivity contribution < 1.29 is 19.1 Å². The van der Waals surface area contributed by atoms with Gasteiger partial charge in [-0.1, -0.05) is 36.4 Å². The Bertz CT molecular complexity index is 1120. The molecule has 0 aliphatic rings. The molecule has 0 aliphatic carbocycles. The summed E-state index contributed by atoms with van der Waals surface area (Å²) >= 11 is 5.27. The number of rotatable bonds is 11.